The number of hydrogen-bond acceptors (Lipinski definition) is 6. The molecule has 0 bridgehead atoms. The van der Waals surface area contributed by atoms with E-state index >= 15 is 0 Å². The lowest BCUT2D eigenvalue weighted by atomic mass is 10.0. The molecular formula is C31H26ClNO3S2. The van der Waals surface area contributed by atoms with Crippen LogP contribution in [0.25, 0.3) is 0 Å². The third-order valence-electron chi connectivity index (χ3n) is 5.63. The van der Waals surface area contributed by atoms with Crippen molar-refractivity contribution in [1.82, 2.24) is 0 Å². The highest BCUT2D eigenvalue weighted by Gasteiger charge is 2.16. The summed E-state index contributed by atoms with van der Waals surface area (Å²) in [5.41, 5.74) is 3.33. The Morgan fingerprint density at radius 1 is 0.789 bits per heavy atom. The van der Waals surface area contributed by atoms with Gasteiger partial charge in [-0.25, -0.2) is 0 Å². The van der Waals surface area contributed by atoms with Gasteiger partial charge >= 0.3 is 0 Å². The van der Waals surface area contributed by atoms with Crippen LogP contribution in [0.15, 0.2) is 117 Å². The molecule has 0 aliphatic carbocycles. The van der Waals surface area contributed by atoms with Gasteiger partial charge in [0.2, 0.25) is 5.78 Å². The third-order valence-corrected chi connectivity index (χ3v) is 7.92. The molecule has 4 aromatic carbocycles. The smallest absolute Gasteiger partial charge is 0.210 e. The minimum absolute atomic E-state index is 0.00760. The van der Waals surface area contributed by atoms with E-state index in [9.17, 15) is 9.59 Å². The number of hydrogen-bond donors (Lipinski definition) is 0. The van der Waals surface area contributed by atoms with Gasteiger partial charge in [-0.2, -0.15) is 0 Å². The monoisotopic (exact) mass is 559 g/mol. The van der Waals surface area contributed by atoms with Gasteiger partial charge in [-0.1, -0.05) is 52.3 Å². The van der Waals surface area contributed by atoms with Gasteiger partial charge in [-0.15, -0.1) is 11.8 Å². The SMILES string of the molecule is CO/N=C(\CCSc1ccc(Cl)cc1)C(=O)c1ccc(Sc2ccc(C(=O)c3cccc(C)c3)cc2)cc1. The van der Waals surface area contributed by atoms with Crippen molar-refractivity contribution in [2.45, 2.75) is 28.0 Å². The van der Waals surface area contributed by atoms with Crippen LogP contribution in [-0.2, 0) is 4.84 Å². The molecule has 0 amide bonds. The first-order valence-electron chi connectivity index (χ1n) is 12.0. The summed E-state index contributed by atoms with van der Waals surface area (Å²) < 4.78 is 0. The van der Waals surface area contributed by atoms with Gasteiger partial charge in [-0.05, 0) is 85.8 Å². The molecule has 192 valence electrons. The van der Waals surface area contributed by atoms with E-state index in [4.69, 9.17) is 16.4 Å². The van der Waals surface area contributed by atoms with Crippen molar-refractivity contribution in [2.24, 2.45) is 5.16 Å². The lowest BCUT2D eigenvalue weighted by Crippen LogP contribution is -2.15. The fourth-order valence-corrected chi connectivity index (χ4v) is 5.51. The highest BCUT2D eigenvalue weighted by atomic mass is 35.5. The zero-order chi connectivity index (χ0) is 26.9. The average Bonchev–Trinajstić information content (AvgIpc) is 2.94. The molecule has 0 atom stereocenters. The summed E-state index contributed by atoms with van der Waals surface area (Å²) in [5.74, 6) is 0.540. The number of nitrogens with zero attached hydrogens (tertiary/aromatic N) is 1. The molecule has 4 aromatic rings. The van der Waals surface area contributed by atoms with E-state index < -0.39 is 0 Å². The Balaban J connectivity index is 1.35. The summed E-state index contributed by atoms with van der Waals surface area (Å²) in [4.78, 5) is 33.8. The van der Waals surface area contributed by atoms with E-state index in [0.717, 1.165) is 20.2 Å². The zero-order valence-electron chi connectivity index (χ0n) is 21.0. The molecular weight excluding hydrogens is 534 g/mol. The van der Waals surface area contributed by atoms with Crippen molar-refractivity contribution in [3.05, 3.63) is 124 Å². The molecule has 0 unspecified atom stereocenters. The number of aryl methyl sites for hydroxylation is 1. The zero-order valence-corrected chi connectivity index (χ0v) is 23.4. The Morgan fingerprint density at radius 2 is 1.39 bits per heavy atom. The van der Waals surface area contributed by atoms with Crippen LogP contribution in [0.3, 0.4) is 0 Å². The molecule has 38 heavy (non-hydrogen) atoms. The number of benzene rings is 4. The third kappa shape index (κ3) is 7.60. The van der Waals surface area contributed by atoms with Crippen molar-refractivity contribution >= 4 is 52.4 Å². The number of oxime groups is 1. The summed E-state index contributed by atoms with van der Waals surface area (Å²) >= 11 is 9.14. The number of halogens is 1. The van der Waals surface area contributed by atoms with E-state index in [2.05, 4.69) is 5.16 Å². The van der Waals surface area contributed by atoms with Crippen molar-refractivity contribution in [3.63, 3.8) is 0 Å². The summed E-state index contributed by atoms with van der Waals surface area (Å²) in [6.07, 6.45) is 0.476. The minimum Gasteiger partial charge on any atom is -0.399 e. The molecule has 0 heterocycles. The first-order valence-corrected chi connectivity index (χ1v) is 14.1. The fraction of sp³-hybridized carbons (Fsp3) is 0.129. The van der Waals surface area contributed by atoms with Gasteiger partial charge in [-0.3, -0.25) is 9.59 Å². The van der Waals surface area contributed by atoms with Crippen LogP contribution in [0.1, 0.15) is 38.3 Å². The maximum absolute atomic E-state index is 13.1. The molecule has 0 saturated heterocycles. The number of thioether (sulfide) groups is 1. The quantitative estimate of drug-likeness (QED) is 0.0799. The predicted molar refractivity (Wildman–Crippen MR) is 157 cm³/mol. The molecule has 4 rings (SSSR count). The van der Waals surface area contributed by atoms with E-state index in [0.29, 0.717) is 39.6 Å². The Morgan fingerprint density at radius 3 is 2.00 bits per heavy atom. The van der Waals surface area contributed by atoms with Crippen LogP contribution in [0.2, 0.25) is 5.02 Å². The van der Waals surface area contributed by atoms with Gasteiger partial charge in [0, 0.05) is 48.6 Å². The van der Waals surface area contributed by atoms with Crippen molar-refractivity contribution in [3.8, 4) is 0 Å². The van der Waals surface area contributed by atoms with Crippen LogP contribution in [0, 0.1) is 6.92 Å². The van der Waals surface area contributed by atoms with Crippen LogP contribution >= 0.6 is 35.1 Å². The molecule has 0 N–H and O–H groups in total. The second-order valence-electron chi connectivity index (χ2n) is 8.45. The van der Waals surface area contributed by atoms with Crippen LogP contribution in [0.4, 0.5) is 0 Å². The molecule has 0 spiro atoms. The Labute approximate surface area is 236 Å². The number of ketones is 2. The summed E-state index contributed by atoms with van der Waals surface area (Å²) in [6, 6.07) is 30.2. The molecule has 0 fully saturated rings. The molecule has 7 heteroatoms. The maximum atomic E-state index is 13.1. The fourth-order valence-electron chi connectivity index (χ4n) is 3.71. The van der Waals surface area contributed by atoms with Crippen LogP contribution in [-0.4, -0.2) is 30.1 Å². The lowest BCUT2D eigenvalue weighted by molar-refractivity contribution is 0.103. The normalized spacial score (nSPS) is 11.3. The van der Waals surface area contributed by atoms with E-state index in [1.54, 1.807) is 35.7 Å². The van der Waals surface area contributed by atoms with Crippen molar-refractivity contribution in [1.29, 1.82) is 0 Å². The van der Waals surface area contributed by atoms with Gasteiger partial charge in [0.05, 0.1) is 0 Å². The number of carbonyl (C=O) groups is 2. The number of rotatable bonds is 11. The van der Waals surface area contributed by atoms with Gasteiger partial charge in [0.25, 0.3) is 0 Å². The predicted octanol–water partition coefficient (Wildman–Crippen LogP) is 8.40. The summed E-state index contributed by atoms with van der Waals surface area (Å²) in [6.45, 7) is 1.97. The highest BCUT2D eigenvalue weighted by molar-refractivity contribution is 7.99. The maximum Gasteiger partial charge on any atom is 0.210 e. The topological polar surface area (TPSA) is 55.7 Å². The van der Waals surface area contributed by atoms with E-state index in [1.165, 1.54) is 7.11 Å². The summed E-state index contributed by atoms with van der Waals surface area (Å²) in [7, 11) is 1.44. The van der Waals surface area contributed by atoms with Gasteiger partial charge < -0.3 is 4.84 Å². The van der Waals surface area contributed by atoms with Crippen LogP contribution in [0.5, 0.6) is 0 Å². The average molecular weight is 560 g/mol. The van der Waals surface area contributed by atoms with Crippen LogP contribution < -0.4 is 0 Å². The van der Waals surface area contributed by atoms with Crippen molar-refractivity contribution < 1.29 is 14.4 Å². The number of carbonyl (C=O) groups excluding carboxylic acids is 2. The molecule has 0 aliphatic rings. The highest BCUT2D eigenvalue weighted by Crippen LogP contribution is 2.29. The minimum atomic E-state index is -0.154. The molecule has 0 saturated carbocycles. The molecule has 0 aromatic heterocycles. The van der Waals surface area contributed by atoms with Gasteiger partial charge in [0.15, 0.2) is 5.78 Å². The summed E-state index contributed by atoms with van der Waals surface area (Å²) in [5, 5.41) is 4.68. The molecule has 0 aliphatic heterocycles. The second-order valence-corrected chi connectivity index (χ2v) is 11.2. The van der Waals surface area contributed by atoms with E-state index in [1.807, 2.05) is 91.9 Å². The standard InChI is InChI=1S/C31H26ClNO3S2/c1-21-4-3-5-24(20-21)30(34)22-6-12-27(13-7-22)38-28-14-8-23(9-15-28)31(35)29(33-36-2)18-19-37-26-16-10-25(32)11-17-26/h3-17,20H,18-19H2,1-2H3/b33-29+. The first-order chi connectivity index (χ1) is 18.4. The Hall–Kier alpha value is -3.32. The van der Waals surface area contributed by atoms with Crippen molar-refractivity contribution in [2.75, 3.05) is 12.9 Å². The lowest BCUT2D eigenvalue weighted by Gasteiger charge is -2.08. The largest absolute Gasteiger partial charge is 0.399 e. The van der Waals surface area contributed by atoms with Gasteiger partial charge in [0.1, 0.15) is 12.8 Å². The molecule has 4 nitrogen and oxygen atoms in total. The molecule has 0 radical (unpaired) electrons. The first kappa shape index (κ1) is 27.7. The number of Topliss-reactive ketones (excluding diaryl/α,β-unsaturated/α-hetero) is 1. The Kier molecular flexibility index (Phi) is 9.82. The second kappa shape index (κ2) is 13.5. The Bertz CT molecular complexity index is 1430. The van der Waals surface area contributed by atoms with E-state index in [-0.39, 0.29) is 11.6 Å².